The molecule has 0 aliphatic rings. The fourth-order valence-corrected chi connectivity index (χ4v) is 8.80. The second-order valence-electron chi connectivity index (χ2n) is 17.2. The number of benzene rings is 5. The molecule has 5 aromatic rings. The van der Waals surface area contributed by atoms with E-state index in [1.807, 2.05) is 0 Å². The van der Waals surface area contributed by atoms with E-state index in [1.54, 1.807) is 0 Å². The third kappa shape index (κ3) is 12.4. The smallest absolute Gasteiger partial charge is 0.200 e. The quantitative estimate of drug-likeness (QED) is 0.0168. The molecule has 0 saturated carbocycles. The Morgan fingerprint density at radius 1 is 0.278 bits per heavy atom. The van der Waals surface area contributed by atoms with E-state index in [9.17, 15) is 52.7 Å². The van der Waals surface area contributed by atoms with Gasteiger partial charge in [-0.25, -0.2) is 87.8 Å². The maximum Gasteiger partial charge on any atom is 0.200 e. The largest absolute Gasteiger partial charge is 0.316 e. The fraction of sp³-hybridized carbons (Fsp3) is 0.400. The van der Waals surface area contributed by atoms with Crippen molar-refractivity contribution in [1.82, 2.24) is 0 Å². The van der Waals surface area contributed by atoms with E-state index >= 15 is 35.1 Å². The van der Waals surface area contributed by atoms with Crippen LogP contribution in [0.5, 0.6) is 0 Å². The van der Waals surface area contributed by atoms with Crippen LogP contribution < -0.4 is 27.2 Å². The zero-order valence-electron chi connectivity index (χ0n) is 38.8. The van der Waals surface area contributed by atoms with E-state index in [0.29, 0.717) is 0 Å². The summed E-state index contributed by atoms with van der Waals surface area (Å²) in [5.41, 5.74) is -11.5. The first-order valence-electron chi connectivity index (χ1n) is 23.2. The molecule has 5 rings (SSSR count). The SMILES string of the molecule is CCCCCCCCCCCCCCCCCCCc1ccc([NH2+]C)cc1.Fc1c(F)c(F)c([B-](c2c(F)c(F)c(F)c(F)c2F)(c2c(F)c(F)c(F)c(F)c2F)c2c(F)c(F)c(F)c(F)c2F)c(F)c1F. The van der Waals surface area contributed by atoms with Crippen molar-refractivity contribution in [3.05, 3.63) is 146 Å². The van der Waals surface area contributed by atoms with Crippen molar-refractivity contribution >= 4 is 33.7 Å². The number of hydrogen-bond acceptors (Lipinski definition) is 0. The van der Waals surface area contributed by atoms with E-state index in [4.69, 9.17) is 0 Å². The summed E-state index contributed by atoms with van der Waals surface area (Å²) in [4.78, 5) is 0. The lowest BCUT2D eigenvalue weighted by Crippen LogP contribution is -2.81. The molecule has 0 aliphatic carbocycles. The van der Waals surface area contributed by atoms with Crippen molar-refractivity contribution in [3.63, 3.8) is 0 Å². The summed E-state index contributed by atoms with van der Waals surface area (Å²) in [7, 11) is 2.10. The molecule has 0 atom stereocenters. The van der Waals surface area contributed by atoms with Crippen LogP contribution in [0, 0.1) is 116 Å². The minimum Gasteiger partial charge on any atom is -0.316 e. The summed E-state index contributed by atoms with van der Waals surface area (Å²) in [6, 6.07) is 9.06. The zero-order valence-corrected chi connectivity index (χ0v) is 38.8. The molecule has 1 nitrogen and oxygen atoms in total. The van der Waals surface area contributed by atoms with Crippen LogP contribution in [0.1, 0.15) is 122 Å². The molecule has 0 heterocycles. The van der Waals surface area contributed by atoms with Gasteiger partial charge in [-0.1, -0.05) is 122 Å². The van der Waals surface area contributed by atoms with Gasteiger partial charge in [-0.15, -0.1) is 21.9 Å². The lowest BCUT2D eigenvalue weighted by atomic mass is 9.12. The topological polar surface area (TPSA) is 16.6 Å². The molecule has 72 heavy (non-hydrogen) atoms. The van der Waals surface area contributed by atoms with Crippen LogP contribution >= 0.6 is 0 Å². The van der Waals surface area contributed by atoms with Gasteiger partial charge in [-0.05, 0) is 30.5 Å². The Labute approximate surface area is 401 Å². The molecule has 0 bridgehead atoms. The van der Waals surface area contributed by atoms with Gasteiger partial charge in [0.1, 0.15) is 58.4 Å². The lowest BCUT2D eigenvalue weighted by Gasteiger charge is -2.44. The molecule has 2 N–H and O–H groups in total. The maximum absolute atomic E-state index is 15.4. The Morgan fingerprint density at radius 3 is 0.681 bits per heavy atom. The molecular weight excluding hydrogens is 1010 g/mol. The Kier molecular flexibility index (Phi) is 21.9. The van der Waals surface area contributed by atoms with Crippen LogP contribution in [0.4, 0.5) is 93.5 Å². The van der Waals surface area contributed by atoms with E-state index in [0.717, 1.165) is 0 Å². The first kappa shape index (κ1) is 59.3. The highest BCUT2D eigenvalue weighted by Crippen LogP contribution is 2.31. The van der Waals surface area contributed by atoms with Gasteiger partial charge >= 0.3 is 0 Å². The average Bonchev–Trinajstić information content (AvgIpc) is 3.37. The van der Waals surface area contributed by atoms with Gasteiger partial charge in [-0.2, -0.15) is 0 Å². The first-order valence-corrected chi connectivity index (χ1v) is 23.2. The van der Waals surface area contributed by atoms with Crippen LogP contribution in [0.2, 0.25) is 0 Å². The molecule has 5 aromatic carbocycles. The minimum absolute atomic E-state index is 1.25. The van der Waals surface area contributed by atoms with Crippen molar-refractivity contribution < 1.29 is 93.1 Å². The predicted molar refractivity (Wildman–Crippen MR) is 231 cm³/mol. The van der Waals surface area contributed by atoms with Crippen molar-refractivity contribution in [2.75, 3.05) is 7.05 Å². The zero-order chi connectivity index (χ0) is 53.8. The summed E-state index contributed by atoms with van der Waals surface area (Å²) in [5, 5.41) is 2.17. The summed E-state index contributed by atoms with van der Waals surface area (Å²) in [6.45, 7) is 2.30. The van der Waals surface area contributed by atoms with E-state index in [1.165, 1.54) is 127 Å². The highest BCUT2D eigenvalue weighted by atomic mass is 19.2. The Balaban J connectivity index is 0.000000357. The third-order valence-corrected chi connectivity index (χ3v) is 12.6. The Morgan fingerprint density at radius 2 is 0.472 bits per heavy atom. The second-order valence-corrected chi connectivity index (χ2v) is 17.2. The van der Waals surface area contributed by atoms with Crippen molar-refractivity contribution in [2.24, 2.45) is 0 Å². The van der Waals surface area contributed by atoms with Gasteiger partial charge in [0.25, 0.3) is 0 Å². The molecular formula is C50H48BF20N. The number of halogens is 20. The third-order valence-electron chi connectivity index (χ3n) is 12.6. The first-order chi connectivity index (χ1) is 34.1. The number of unbranched alkanes of at least 4 members (excludes halogenated alkanes) is 16. The number of quaternary nitrogens is 1. The minimum atomic E-state index is -7.22. The molecule has 396 valence electrons. The van der Waals surface area contributed by atoms with Gasteiger partial charge in [0.15, 0.2) is 69.8 Å². The van der Waals surface area contributed by atoms with Gasteiger partial charge < -0.3 is 5.32 Å². The lowest BCUT2D eigenvalue weighted by molar-refractivity contribution is -0.539. The van der Waals surface area contributed by atoms with E-state index < -0.39 is 144 Å². The molecule has 0 fully saturated rings. The van der Waals surface area contributed by atoms with Gasteiger partial charge in [0.05, 0.1) is 7.05 Å². The molecule has 0 unspecified atom stereocenters. The summed E-state index contributed by atoms with van der Waals surface area (Å²) in [5.74, 6) is -71.4. The van der Waals surface area contributed by atoms with Crippen LogP contribution in [0.3, 0.4) is 0 Å². The second kappa shape index (κ2) is 26.6. The van der Waals surface area contributed by atoms with Gasteiger partial charge in [-0.3, -0.25) is 0 Å². The highest BCUT2D eigenvalue weighted by molar-refractivity contribution is 7.20. The molecule has 0 amide bonds. The number of rotatable bonds is 23. The number of nitrogens with two attached hydrogens (primary N) is 1. The molecule has 0 spiro atoms. The number of aryl methyl sites for hydroxylation is 1. The Bertz CT molecular complexity index is 2280. The molecule has 22 heteroatoms. The molecule has 0 radical (unpaired) electrons. The highest BCUT2D eigenvalue weighted by Gasteiger charge is 2.52. The standard InChI is InChI=1S/C26H47N.C24BF20/c1-3-4-5-6-7-8-9-10-11-12-13-14-15-16-17-18-19-20-25-21-23-26(27-2)24-22-25;26-5-1(6(27)14(35)21(42)13(5)34)25(2-7(28)15(36)22(43)16(37)8(2)29,3-9(30)17(38)23(44)18(39)10(3)31)4-11(32)19(40)24(45)20(41)12(4)33/h21-24,27H,3-20H2,1-2H3;/q;-1/p+1. The summed E-state index contributed by atoms with van der Waals surface area (Å²) >= 11 is 0. The Hall–Kier alpha value is -5.28. The fourth-order valence-electron chi connectivity index (χ4n) is 8.80. The van der Waals surface area contributed by atoms with Crippen LogP contribution in [-0.2, 0) is 6.42 Å². The van der Waals surface area contributed by atoms with Crippen molar-refractivity contribution in [3.8, 4) is 0 Å². The predicted octanol–water partition coefficient (Wildman–Crippen LogP) is 13.6. The average molecular weight is 1050 g/mol. The molecule has 0 aromatic heterocycles. The molecule has 0 saturated heterocycles. The van der Waals surface area contributed by atoms with Crippen molar-refractivity contribution in [1.29, 1.82) is 0 Å². The summed E-state index contributed by atoms with van der Waals surface area (Å²) in [6.07, 6.45) is 18.6. The van der Waals surface area contributed by atoms with Gasteiger partial charge in [0.2, 0.25) is 0 Å². The molecule has 0 aliphatic heterocycles. The van der Waals surface area contributed by atoms with Crippen LogP contribution in [-0.4, -0.2) is 13.2 Å². The van der Waals surface area contributed by atoms with E-state index in [-0.39, 0.29) is 0 Å². The van der Waals surface area contributed by atoms with Gasteiger partial charge in [0, 0.05) is 0 Å². The van der Waals surface area contributed by atoms with Crippen LogP contribution in [0.25, 0.3) is 0 Å². The normalized spacial score (nSPS) is 11.7. The summed E-state index contributed by atoms with van der Waals surface area (Å²) < 4.78 is 294. The van der Waals surface area contributed by atoms with Crippen LogP contribution in [0.15, 0.2) is 24.3 Å². The number of hydrogen-bond donors (Lipinski definition) is 1. The monoisotopic (exact) mass is 1050 g/mol. The maximum atomic E-state index is 15.4. The van der Waals surface area contributed by atoms with Crippen molar-refractivity contribution in [2.45, 2.75) is 122 Å². The van der Waals surface area contributed by atoms with E-state index in [2.05, 4.69) is 43.6 Å².